The van der Waals surface area contributed by atoms with E-state index in [1.165, 1.54) is 48.0 Å². The first-order chi connectivity index (χ1) is 15.7. The lowest BCUT2D eigenvalue weighted by atomic mass is 10.0. The van der Waals surface area contributed by atoms with Crippen molar-refractivity contribution in [2.75, 3.05) is 6.54 Å². The standard InChI is InChI=1S/C30H53NO2/c1-8-9-10-11-24-31-30(32)33-29(7)23-15-22-28(6)21-14-20-27(5)19-13-18-26(4)17-12-16-25(2)3/h16,18,20,22,29H,8-15,17,19,21,23-24H2,1-7H3,(H,31,32). The molecule has 0 rings (SSSR count). The summed E-state index contributed by atoms with van der Waals surface area (Å²) in [6.07, 6.45) is 22.3. The summed E-state index contributed by atoms with van der Waals surface area (Å²) in [6, 6.07) is 0. The molecule has 0 aromatic carbocycles. The van der Waals surface area contributed by atoms with E-state index in [0.717, 1.165) is 51.4 Å². The van der Waals surface area contributed by atoms with Gasteiger partial charge in [-0.25, -0.2) is 4.79 Å². The fraction of sp³-hybridized carbons (Fsp3) is 0.700. The average Bonchev–Trinajstić information content (AvgIpc) is 2.73. The van der Waals surface area contributed by atoms with Gasteiger partial charge in [-0.3, -0.25) is 0 Å². The number of nitrogens with one attached hydrogen (secondary N) is 1. The molecule has 0 saturated heterocycles. The summed E-state index contributed by atoms with van der Waals surface area (Å²) in [5, 5.41) is 2.85. The number of ether oxygens (including phenoxy) is 1. The van der Waals surface area contributed by atoms with Gasteiger partial charge in [-0.2, -0.15) is 0 Å². The van der Waals surface area contributed by atoms with Crippen LogP contribution in [0.15, 0.2) is 46.6 Å². The molecule has 0 aromatic rings. The number of carbonyl (C=O) groups excluding carboxylic acids is 1. The molecule has 0 saturated carbocycles. The summed E-state index contributed by atoms with van der Waals surface area (Å²) in [5.41, 5.74) is 5.81. The number of allylic oxidation sites excluding steroid dienone is 8. The first-order valence-corrected chi connectivity index (χ1v) is 13.3. The molecule has 190 valence electrons. The molecule has 0 fully saturated rings. The Bertz CT molecular complexity index is 636. The van der Waals surface area contributed by atoms with Crippen LogP contribution in [0.5, 0.6) is 0 Å². The van der Waals surface area contributed by atoms with Gasteiger partial charge >= 0.3 is 6.09 Å². The molecule has 0 aromatic heterocycles. The predicted molar refractivity (Wildman–Crippen MR) is 146 cm³/mol. The highest BCUT2D eigenvalue weighted by molar-refractivity contribution is 5.67. The van der Waals surface area contributed by atoms with Crippen LogP contribution < -0.4 is 5.32 Å². The van der Waals surface area contributed by atoms with Gasteiger partial charge in [-0.15, -0.1) is 0 Å². The minimum Gasteiger partial charge on any atom is -0.447 e. The Balaban J connectivity index is 3.98. The van der Waals surface area contributed by atoms with Crippen LogP contribution in [0.4, 0.5) is 4.79 Å². The number of rotatable bonds is 18. The fourth-order valence-corrected chi connectivity index (χ4v) is 3.58. The molecule has 1 unspecified atom stereocenters. The normalized spacial score (nSPS) is 13.6. The molecule has 3 heteroatoms. The Hall–Kier alpha value is -1.77. The number of amides is 1. The van der Waals surface area contributed by atoms with Crippen molar-refractivity contribution in [3.05, 3.63) is 46.6 Å². The second kappa shape index (κ2) is 20.8. The average molecular weight is 460 g/mol. The van der Waals surface area contributed by atoms with Crippen LogP contribution in [0.25, 0.3) is 0 Å². The van der Waals surface area contributed by atoms with Crippen molar-refractivity contribution in [3.63, 3.8) is 0 Å². The SMILES string of the molecule is CCCCCCNC(=O)OC(C)CCC=C(C)CCC=C(C)CCC=C(C)CCC=C(C)C. The van der Waals surface area contributed by atoms with Gasteiger partial charge in [0.2, 0.25) is 0 Å². The van der Waals surface area contributed by atoms with E-state index in [9.17, 15) is 4.79 Å². The molecule has 0 aliphatic carbocycles. The Morgan fingerprint density at radius 1 is 0.758 bits per heavy atom. The van der Waals surface area contributed by atoms with Crippen molar-refractivity contribution in [1.29, 1.82) is 0 Å². The smallest absolute Gasteiger partial charge is 0.407 e. The summed E-state index contributed by atoms with van der Waals surface area (Å²) in [4.78, 5) is 11.8. The Morgan fingerprint density at radius 3 is 1.79 bits per heavy atom. The molecule has 1 atom stereocenters. The van der Waals surface area contributed by atoms with Gasteiger partial charge in [0.1, 0.15) is 6.10 Å². The quantitative estimate of drug-likeness (QED) is 0.164. The minimum absolute atomic E-state index is 0.0506. The van der Waals surface area contributed by atoms with Crippen molar-refractivity contribution in [1.82, 2.24) is 5.32 Å². The molecule has 33 heavy (non-hydrogen) atoms. The Morgan fingerprint density at radius 2 is 1.27 bits per heavy atom. The van der Waals surface area contributed by atoms with E-state index in [1.807, 2.05) is 6.92 Å². The highest BCUT2D eigenvalue weighted by atomic mass is 16.6. The van der Waals surface area contributed by atoms with Crippen LogP contribution in [0, 0.1) is 0 Å². The third kappa shape index (κ3) is 21.8. The summed E-state index contributed by atoms with van der Waals surface area (Å²) in [5.74, 6) is 0. The third-order valence-corrected chi connectivity index (χ3v) is 5.83. The molecule has 0 bridgehead atoms. The molecule has 0 aliphatic rings. The van der Waals surface area contributed by atoms with Crippen LogP contribution in [-0.2, 0) is 4.74 Å². The van der Waals surface area contributed by atoms with Crippen LogP contribution in [0.3, 0.4) is 0 Å². The second-order valence-corrected chi connectivity index (χ2v) is 9.83. The predicted octanol–water partition coefficient (Wildman–Crippen LogP) is 9.61. The minimum atomic E-state index is -0.279. The number of carbonyl (C=O) groups is 1. The molecular formula is C30H53NO2. The molecule has 0 aliphatic heterocycles. The van der Waals surface area contributed by atoms with Gasteiger partial charge in [-0.1, -0.05) is 72.8 Å². The Labute approximate surface area is 205 Å². The number of unbranched alkanes of at least 4 members (excludes halogenated alkanes) is 3. The zero-order valence-corrected chi connectivity index (χ0v) is 22.9. The maximum atomic E-state index is 11.8. The summed E-state index contributed by atoms with van der Waals surface area (Å²) in [6.45, 7) is 15.9. The van der Waals surface area contributed by atoms with Gasteiger partial charge in [-0.05, 0) is 99.3 Å². The monoisotopic (exact) mass is 459 g/mol. The molecular weight excluding hydrogens is 406 g/mol. The van der Waals surface area contributed by atoms with Crippen molar-refractivity contribution >= 4 is 6.09 Å². The number of hydrogen-bond donors (Lipinski definition) is 1. The van der Waals surface area contributed by atoms with Gasteiger partial charge in [0.25, 0.3) is 0 Å². The Kier molecular flexibility index (Phi) is 19.7. The van der Waals surface area contributed by atoms with E-state index in [-0.39, 0.29) is 12.2 Å². The van der Waals surface area contributed by atoms with E-state index < -0.39 is 0 Å². The molecule has 0 radical (unpaired) electrons. The highest BCUT2D eigenvalue weighted by Gasteiger charge is 2.07. The lowest BCUT2D eigenvalue weighted by Crippen LogP contribution is -2.28. The second-order valence-electron chi connectivity index (χ2n) is 9.83. The van der Waals surface area contributed by atoms with Gasteiger partial charge in [0, 0.05) is 6.54 Å². The van der Waals surface area contributed by atoms with E-state index in [1.54, 1.807) is 0 Å². The third-order valence-electron chi connectivity index (χ3n) is 5.83. The van der Waals surface area contributed by atoms with Gasteiger partial charge in [0.15, 0.2) is 0 Å². The topological polar surface area (TPSA) is 38.3 Å². The summed E-state index contributed by atoms with van der Waals surface area (Å²) >= 11 is 0. The number of hydrogen-bond acceptors (Lipinski definition) is 2. The maximum absolute atomic E-state index is 11.8. The lowest BCUT2D eigenvalue weighted by molar-refractivity contribution is 0.103. The van der Waals surface area contributed by atoms with Crippen molar-refractivity contribution in [3.8, 4) is 0 Å². The summed E-state index contributed by atoms with van der Waals surface area (Å²) in [7, 11) is 0. The lowest BCUT2D eigenvalue weighted by Gasteiger charge is -2.13. The first-order valence-electron chi connectivity index (χ1n) is 13.3. The molecule has 1 N–H and O–H groups in total. The van der Waals surface area contributed by atoms with Crippen molar-refractivity contribution < 1.29 is 9.53 Å². The molecule has 1 amide bonds. The molecule has 0 heterocycles. The first kappa shape index (κ1) is 31.2. The van der Waals surface area contributed by atoms with Crippen LogP contribution in [0.1, 0.15) is 126 Å². The zero-order chi connectivity index (χ0) is 24.9. The number of alkyl carbamates (subject to hydrolysis) is 1. The maximum Gasteiger partial charge on any atom is 0.407 e. The van der Waals surface area contributed by atoms with Crippen molar-refractivity contribution in [2.24, 2.45) is 0 Å². The zero-order valence-electron chi connectivity index (χ0n) is 22.9. The van der Waals surface area contributed by atoms with Gasteiger partial charge < -0.3 is 10.1 Å². The van der Waals surface area contributed by atoms with E-state index in [4.69, 9.17) is 4.74 Å². The van der Waals surface area contributed by atoms with Gasteiger partial charge in [0.05, 0.1) is 0 Å². The van der Waals surface area contributed by atoms with Crippen molar-refractivity contribution in [2.45, 2.75) is 132 Å². The highest BCUT2D eigenvalue weighted by Crippen LogP contribution is 2.14. The summed E-state index contributed by atoms with van der Waals surface area (Å²) < 4.78 is 5.44. The fourth-order valence-electron chi connectivity index (χ4n) is 3.58. The van der Waals surface area contributed by atoms with Crippen LogP contribution in [-0.4, -0.2) is 18.7 Å². The van der Waals surface area contributed by atoms with E-state index in [2.05, 4.69) is 71.2 Å². The molecule has 3 nitrogen and oxygen atoms in total. The van der Waals surface area contributed by atoms with Crippen LogP contribution >= 0.6 is 0 Å². The van der Waals surface area contributed by atoms with E-state index in [0.29, 0.717) is 6.54 Å². The largest absolute Gasteiger partial charge is 0.447 e. The van der Waals surface area contributed by atoms with E-state index >= 15 is 0 Å². The van der Waals surface area contributed by atoms with Crippen LogP contribution in [0.2, 0.25) is 0 Å². The molecule has 0 spiro atoms.